The van der Waals surface area contributed by atoms with Crippen molar-refractivity contribution in [3.05, 3.63) is 81.8 Å². The molecule has 0 saturated carbocycles. The topological polar surface area (TPSA) is 97.4 Å². The van der Waals surface area contributed by atoms with Crippen LogP contribution in [0.15, 0.2) is 59.6 Å². The van der Waals surface area contributed by atoms with Crippen LogP contribution < -0.4 is 10.6 Å². The van der Waals surface area contributed by atoms with Gasteiger partial charge in [-0.15, -0.1) is 0 Å². The number of hydrogen-bond donors (Lipinski definition) is 2. The third-order valence-corrected chi connectivity index (χ3v) is 4.75. The van der Waals surface area contributed by atoms with E-state index in [4.69, 9.17) is 4.74 Å². The van der Waals surface area contributed by atoms with Crippen molar-refractivity contribution in [1.29, 1.82) is 0 Å². The Morgan fingerprint density at radius 3 is 2.66 bits per heavy atom. The van der Waals surface area contributed by atoms with Gasteiger partial charge in [0.2, 0.25) is 5.91 Å². The van der Waals surface area contributed by atoms with Crippen LogP contribution in [0.1, 0.15) is 31.8 Å². The van der Waals surface area contributed by atoms with E-state index in [0.29, 0.717) is 16.8 Å². The number of thiophene rings is 1. The van der Waals surface area contributed by atoms with Crippen molar-refractivity contribution in [3.8, 4) is 0 Å². The quantitative estimate of drug-likeness (QED) is 0.585. The van der Waals surface area contributed by atoms with Gasteiger partial charge < -0.3 is 15.4 Å². The zero-order valence-electron chi connectivity index (χ0n) is 15.7. The third kappa shape index (κ3) is 5.73. The first kappa shape index (κ1) is 20.2. The number of ether oxygens (including phenoxy) is 1. The predicted octanol–water partition coefficient (Wildman–Crippen LogP) is 3.04. The number of carbonyl (C=O) groups excluding carboxylic acids is 3. The van der Waals surface area contributed by atoms with Crippen LogP contribution in [0.3, 0.4) is 0 Å². The van der Waals surface area contributed by atoms with E-state index in [2.05, 4.69) is 15.6 Å². The number of carbonyl (C=O) groups is 3. The summed E-state index contributed by atoms with van der Waals surface area (Å²) in [7, 11) is 1.29. The highest BCUT2D eigenvalue weighted by atomic mass is 32.1. The molecule has 0 aliphatic heterocycles. The molecule has 2 amide bonds. The molecule has 29 heavy (non-hydrogen) atoms. The van der Waals surface area contributed by atoms with Gasteiger partial charge in [-0.1, -0.05) is 0 Å². The Labute approximate surface area is 171 Å². The molecule has 8 heteroatoms. The lowest BCUT2D eigenvalue weighted by molar-refractivity contribution is -0.115. The SMILES string of the molecule is COC(=O)c1cc(CNC(=O)c2cccnc2)cc(NC(=O)Cc2ccsc2)c1. The molecule has 0 radical (unpaired) electrons. The molecular formula is C21H19N3O4S. The Bertz CT molecular complexity index is 1000. The minimum absolute atomic E-state index is 0.173. The number of esters is 1. The molecule has 0 atom stereocenters. The number of benzene rings is 1. The van der Waals surface area contributed by atoms with Gasteiger partial charge in [0.05, 0.1) is 24.7 Å². The highest BCUT2D eigenvalue weighted by Crippen LogP contribution is 2.17. The maximum Gasteiger partial charge on any atom is 0.337 e. The molecule has 0 saturated heterocycles. The monoisotopic (exact) mass is 409 g/mol. The maximum absolute atomic E-state index is 12.3. The molecule has 1 aromatic carbocycles. The molecule has 2 heterocycles. The van der Waals surface area contributed by atoms with Crippen LogP contribution in [0.25, 0.3) is 0 Å². The first-order valence-corrected chi connectivity index (χ1v) is 9.71. The minimum Gasteiger partial charge on any atom is -0.465 e. The summed E-state index contributed by atoms with van der Waals surface area (Å²) in [5, 5.41) is 9.38. The molecule has 148 valence electrons. The second-order valence-corrected chi connectivity index (χ2v) is 6.97. The Balaban J connectivity index is 1.73. The lowest BCUT2D eigenvalue weighted by atomic mass is 10.1. The standard InChI is InChI=1S/C21H19N3O4S/c1-28-21(27)17-7-15(11-23-20(26)16-3-2-5-22-12-16)8-18(10-17)24-19(25)9-14-4-6-29-13-14/h2-8,10,12-13H,9,11H2,1H3,(H,23,26)(H,24,25). The number of methoxy groups -OCH3 is 1. The van der Waals surface area contributed by atoms with Crippen molar-refractivity contribution in [2.45, 2.75) is 13.0 Å². The molecule has 0 unspecified atom stereocenters. The lowest BCUT2D eigenvalue weighted by Gasteiger charge is -2.11. The summed E-state index contributed by atoms with van der Waals surface area (Å²) >= 11 is 1.52. The number of nitrogens with one attached hydrogen (secondary N) is 2. The molecule has 7 nitrogen and oxygen atoms in total. The van der Waals surface area contributed by atoms with Gasteiger partial charge in [0.25, 0.3) is 5.91 Å². The Hall–Kier alpha value is -3.52. The van der Waals surface area contributed by atoms with E-state index in [1.54, 1.807) is 36.5 Å². The van der Waals surface area contributed by atoms with Crippen molar-refractivity contribution < 1.29 is 19.1 Å². The summed E-state index contributed by atoms with van der Waals surface area (Å²) in [5.74, 6) is -1.01. The minimum atomic E-state index is -0.529. The molecule has 3 rings (SSSR count). The van der Waals surface area contributed by atoms with Gasteiger partial charge in [0, 0.05) is 24.6 Å². The van der Waals surface area contributed by atoms with Crippen molar-refractivity contribution in [2.75, 3.05) is 12.4 Å². The summed E-state index contributed by atoms with van der Waals surface area (Å²) in [6.07, 6.45) is 3.29. The van der Waals surface area contributed by atoms with Gasteiger partial charge >= 0.3 is 5.97 Å². The summed E-state index contributed by atoms with van der Waals surface area (Å²) in [6.45, 7) is 0.173. The zero-order valence-corrected chi connectivity index (χ0v) is 16.5. The molecule has 0 bridgehead atoms. The van der Waals surface area contributed by atoms with E-state index in [9.17, 15) is 14.4 Å². The van der Waals surface area contributed by atoms with Crippen LogP contribution in [0.2, 0.25) is 0 Å². The van der Waals surface area contributed by atoms with Crippen LogP contribution in [-0.4, -0.2) is 29.9 Å². The fourth-order valence-electron chi connectivity index (χ4n) is 2.67. The van der Waals surface area contributed by atoms with E-state index >= 15 is 0 Å². The number of hydrogen-bond acceptors (Lipinski definition) is 6. The van der Waals surface area contributed by atoms with Crippen LogP contribution in [0, 0.1) is 0 Å². The fourth-order valence-corrected chi connectivity index (χ4v) is 3.34. The van der Waals surface area contributed by atoms with Crippen LogP contribution in [0.5, 0.6) is 0 Å². The highest BCUT2D eigenvalue weighted by Gasteiger charge is 2.12. The number of pyridine rings is 1. The maximum atomic E-state index is 12.3. The average Bonchev–Trinajstić information content (AvgIpc) is 3.24. The van der Waals surface area contributed by atoms with Gasteiger partial charge in [-0.3, -0.25) is 14.6 Å². The molecule has 0 fully saturated rings. The van der Waals surface area contributed by atoms with Gasteiger partial charge in [-0.25, -0.2) is 4.79 Å². The van der Waals surface area contributed by atoms with Crippen molar-refractivity contribution >= 4 is 34.8 Å². The molecule has 3 aromatic rings. The highest BCUT2D eigenvalue weighted by molar-refractivity contribution is 7.08. The Kier molecular flexibility index (Phi) is 6.70. The second kappa shape index (κ2) is 9.61. The molecular weight excluding hydrogens is 390 g/mol. The Morgan fingerprint density at radius 1 is 1.10 bits per heavy atom. The fraction of sp³-hybridized carbons (Fsp3) is 0.143. The summed E-state index contributed by atoms with van der Waals surface area (Å²) < 4.78 is 4.79. The summed E-state index contributed by atoms with van der Waals surface area (Å²) in [6, 6.07) is 10.1. The molecule has 0 aliphatic rings. The van der Waals surface area contributed by atoms with E-state index in [-0.39, 0.29) is 30.3 Å². The summed E-state index contributed by atoms with van der Waals surface area (Å²) in [5.41, 5.74) is 2.74. The van der Waals surface area contributed by atoms with Crippen molar-refractivity contribution in [3.63, 3.8) is 0 Å². The van der Waals surface area contributed by atoms with Crippen LogP contribution in [-0.2, 0) is 22.5 Å². The molecule has 0 spiro atoms. The molecule has 2 N–H and O–H groups in total. The molecule has 0 aliphatic carbocycles. The first-order chi connectivity index (χ1) is 14.0. The number of amides is 2. The van der Waals surface area contributed by atoms with Crippen LogP contribution in [0.4, 0.5) is 5.69 Å². The number of aromatic nitrogens is 1. The first-order valence-electron chi connectivity index (χ1n) is 8.76. The molecule has 2 aromatic heterocycles. The number of rotatable bonds is 7. The summed E-state index contributed by atoms with van der Waals surface area (Å²) in [4.78, 5) is 40.4. The third-order valence-electron chi connectivity index (χ3n) is 4.02. The average molecular weight is 409 g/mol. The van der Waals surface area contributed by atoms with E-state index in [1.807, 2.05) is 16.8 Å². The smallest absolute Gasteiger partial charge is 0.337 e. The van der Waals surface area contributed by atoms with Crippen molar-refractivity contribution in [1.82, 2.24) is 10.3 Å². The van der Waals surface area contributed by atoms with Gasteiger partial charge in [0.1, 0.15) is 0 Å². The van der Waals surface area contributed by atoms with Gasteiger partial charge in [0.15, 0.2) is 0 Å². The van der Waals surface area contributed by atoms with E-state index in [0.717, 1.165) is 5.56 Å². The lowest BCUT2D eigenvalue weighted by Crippen LogP contribution is -2.23. The second-order valence-electron chi connectivity index (χ2n) is 6.19. The van der Waals surface area contributed by atoms with Crippen LogP contribution >= 0.6 is 11.3 Å². The number of anilines is 1. The van der Waals surface area contributed by atoms with Gasteiger partial charge in [-0.2, -0.15) is 11.3 Å². The largest absolute Gasteiger partial charge is 0.465 e. The normalized spacial score (nSPS) is 10.2. The van der Waals surface area contributed by atoms with Crippen molar-refractivity contribution in [2.24, 2.45) is 0 Å². The zero-order chi connectivity index (χ0) is 20.6. The predicted molar refractivity (Wildman–Crippen MR) is 110 cm³/mol. The van der Waals surface area contributed by atoms with E-state index in [1.165, 1.54) is 24.6 Å². The van der Waals surface area contributed by atoms with E-state index < -0.39 is 5.97 Å². The Morgan fingerprint density at radius 2 is 1.97 bits per heavy atom. The van der Waals surface area contributed by atoms with Gasteiger partial charge in [-0.05, 0) is 58.3 Å². The number of nitrogens with zero attached hydrogens (tertiary/aromatic N) is 1.